The third-order valence-electron chi connectivity index (χ3n) is 6.60. The number of hydrogen-bond donors (Lipinski definition) is 3. The Hall–Kier alpha value is -3.53. The molecule has 4 unspecified atom stereocenters. The van der Waals surface area contributed by atoms with E-state index in [1.54, 1.807) is 44.8 Å². The number of thiophene rings is 1. The number of carbonyl (C=O) groups is 1. The van der Waals surface area contributed by atoms with Gasteiger partial charge in [-0.15, -0.1) is 11.3 Å². The highest BCUT2D eigenvalue weighted by atomic mass is 32.1. The molecule has 0 radical (unpaired) electrons. The van der Waals surface area contributed by atoms with Crippen molar-refractivity contribution in [3.63, 3.8) is 0 Å². The van der Waals surface area contributed by atoms with Gasteiger partial charge in [-0.2, -0.15) is 4.98 Å². The van der Waals surface area contributed by atoms with E-state index in [1.807, 2.05) is 6.92 Å². The monoisotopic (exact) mass is 481 g/mol. The van der Waals surface area contributed by atoms with Crippen molar-refractivity contribution in [2.75, 3.05) is 32.0 Å². The number of rotatable bonds is 8. The quantitative estimate of drug-likeness (QED) is 0.415. The van der Waals surface area contributed by atoms with Crippen LogP contribution < -0.4 is 30.6 Å². The zero-order valence-electron chi connectivity index (χ0n) is 19.4. The number of primary amides is 1. The molecule has 1 saturated carbocycles. The molecule has 5 rings (SSSR count). The molecular formula is C24H27N5O4S. The second-order valence-electron chi connectivity index (χ2n) is 8.58. The number of nitrogens with two attached hydrogens (primary N) is 1. The van der Waals surface area contributed by atoms with Crippen LogP contribution in [-0.2, 0) is 4.79 Å². The Morgan fingerprint density at radius 1 is 1.09 bits per heavy atom. The van der Waals surface area contributed by atoms with Crippen LogP contribution in [0.4, 0.5) is 17.5 Å². The summed E-state index contributed by atoms with van der Waals surface area (Å²) in [6, 6.07) is 3.50. The first-order valence-electron chi connectivity index (χ1n) is 11.0. The summed E-state index contributed by atoms with van der Waals surface area (Å²) in [7, 11) is 4.70. The number of benzene rings is 1. The standard InChI is InChI=1S/C24H27N5O4S/c1-11-10-34-21-18(11)28-24(26-14-8-15(31-2)20(33-4)16(9-14)32-3)29-23(21)27-19-13-6-5-12(7-13)17(19)22(25)30/h5-6,8-10,12-13,17,19H,7H2,1-4H3,(H2,25,30)(H2,26,27,28,29). The van der Waals surface area contributed by atoms with Gasteiger partial charge in [0, 0.05) is 23.9 Å². The zero-order chi connectivity index (χ0) is 24.0. The summed E-state index contributed by atoms with van der Waals surface area (Å²) < 4.78 is 17.3. The minimum absolute atomic E-state index is 0.0953. The lowest BCUT2D eigenvalue weighted by atomic mass is 9.88. The largest absolute Gasteiger partial charge is 0.493 e. The fourth-order valence-corrected chi connectivity index (χ4v) is 5.97. The van der Waals surface area contributed by atoms with Gasteiger partial charge < -0.3 is 30.6 Å². The molecule has 9 nitrogen and oxygen atoms in total. The van der Waals surface area contributed by atoms with Crippen LogP contribution in [0.1, 0.15) is 12.0 Å². The molecule has 2 aromatic heterocycles. The summed E-state index contributed by atoms with van der Waals surface area (Å²) in [5.41, 5.74) is 8.36. The van der Waals surface area contributed by atoms with Crippen molar-refractivity contribution in [1.82, 2.24) is 9.97 Å². The molecule has 3 aromatic rings. The minimum Gasteiger partial charge on any atom is -0.493 e. The second-order valence-corrected chi connectivity index (χ2v) is 9.46. The first-order valence-corrected chi connectivity index (χ1v) is 11.9. The van der Waals surface area contributed by atoms with Crippen molar-refractivity contribution in [1.29, 1.82) is 0 Å². The smallest absolute Gasteiger partial charge is 0.229 e. The van der Waals surface area contributed by atoms with E-state index in [2.05, 4.69) is 28.2 Å². The molecule has 4 atom stereocenters. The van der Waals surface area contributed by atoms with Crippen molar-refractivity contribution < 1.29 is 19.0 Å². The van der Waals surface area contributed by atoms with Gasteiger partial charge in [0.05, 0.1) is 37.5 Å². The highest BCUT2D eigenvalue weighted by molar-refractivity contribution is 7.18. The molecule has 2 aliphatic rings. The van der Waals surface area contributed by atoms with Crippen molar-refractivity contribution >= 4 is 44.9 Å². The van der Waals surface area contributed by atoms with Gasteiger partial charge >= 0.3 is 0 Å². The Labute approximate surface area is 201 Å². The van der Waals surface area contributed by atoms with Gasteiger partial charge in [-0.1, -0.05) is 12.2 Å². The first kappa shape index (κ1) is 22.3. The lowest BCUT2D eigenvalue weighted by Crippen LogP contribution is -2.41. The van der Waals surface area contributed by atoms with E-state index in [9.17, 15) is 4.79 Å². The third-order valence-corrected chi connectivity index (χ3v) is 7.70. The number of aromatic nitrogens is 2. The van der Waals surface area contributed by atoms with Gasteiger partial charge in [0.2, 0.25) is 17.6 Å². The van der Waals surface area contributed by atoms with Crippen LogP contribution in [0.2, 0.25) is 0 Å². The number of nitrogens with one attached hydrogen (secondary N) is 2. The molecule has 1 aromatic carbocycles. The van der Waals surface area contributed by atoms with Gasteiger partial charge in [0.25, 0.3) is 0 Å². The Balaban J connectivity index is 1.52. The molecule has 4 N–H and O–H groups in total. The molecule has 34 heavy (non-hydrogen) atoms. The summed E-state index contributed by atoms with van der Waals surface area (Å²) in [4.78, 5) is 21.8. The molecule has 0 aliphatic heterocycles. The molecule has 0 saturated heterocycles. The number of ether oxygens (including phenoxy) is 3. The van der Waals surface area contributed by atoms with Crippen molar-refractivity contribution in [2.24, 2.45) is 23.5 Å². The van der Waals surface area contributed by atoms with Crippen LogP contribution in [0.15, 0.2) is 29.7 Å². The van der Waals surface area contributed by atoms with E-state index in [4.69, 9.17) is 29.9 Å². The van der Waals surface area contributed by atoms with Crippen LogP contribution in [-0.4, -0.2) is 43.2 Å². The topological polar surface area (TPSA) is 121 Å². The fourth-order valence-electron chi connectivity index (χ4n) is 5.03. The van der Waals surface area contributed by atoms with Gasteiger partial charge in [-0.05, 0) is 36.1 Å². The van der Waals surface area contributed by atoms with Gasteiger partial charge in [-0.25, -0.2) is 4.98 Å². The van der Waals surface area contributed by atoms with Crippen molar-refractivity contribution in [3.8, 4) is 17.2 Å². The van der Waals surface area contributed by atoms with E-state index >= 15 is 0 Å². The van der Waals surface area contributed by atoms with Crippen LogP contribution in [0.25, 0.3) is 10.2 Å². The highest BCUT2D eigenvalue weighted by Gasteiger charge is 2.47. The molecular weight excluding hydrogens is 454 g/mol. The van der Waals surface area contributed by atoms with Crippen molar-refractivity contribution in [2.45, 2.75) is 19.4 Å². The Morgan fingerprint density at radius 2 is 1.79 bits per heavy atom. The number of aryl methyl sites for hydroxylation is 1. The summed E-state index contributed by atoms with van der Waals surface area (Å²) >= 11 is 1.58. The van der Waals surface area contributed by atoms with Gasteiger partial charge in [0.15, 0.2) is 11.5 Å². The Morgan fingerprint density at radius 3 is 2.44 bits per heavy atom. The molecule has 0 spiro atoms. The summed E-state index contributed by atoms with van der Waals surface area (Å²) in [5.74, 6) is 2.55. The van der Waals surface area contributed by atoms with E-state index in [0.717, 1.165) is 22.2 Å². The van der Waals surface area contributed by atoms with E-state index in [-0.39, 0.29) is 29.7 Å². The predicted octanol–water partition coefficient (Wildman–Crippen LogP) is 3.86. The summed E-state index contributed by atoms with van der Waals surface area (Å²) in [6.45, 7) is 2.02. The number of allylic oxidation sites excluding steroid dienone is 1. The van der Waals surface area contributed by atoms with E-state index < -0.39 is 0 Å². The average Bonchev–Trinajstić information content (AvgIpc) is 3.54. The molecule has 2 bridgehead atoms. The zero-order valence-corrected chi connectivity index (χ0v) is 20.2. The molecule has 178 valence electrons. The number of methoxy groups -OCH3 is 3. The summed E-state index contributed by atoms with van der Waals surface area (Å²) in [5, 5.41) is 8.87. The maximum absolute atomic E-state index is 12.2. The number of amides is 1. The van der Waals surface area contributed by atoms with Crippen LogP contribution in [0, 0.1) is 24.7 Å². The van der Waals surface area contributed by atoms with E-state index in [1.165, 1.54) is 0 Å². The van der Waals surface area contributed by atoms with Crippen LogP contribution >= 0.6 is 11.3 Å². The number of nitrogens with zero attached hydrogens (tertiary/aromatic N) is 2. The predicted molar refractivity (Wildman–Crippen MR) is 132 cm³/mol. The number of fused-ring (bicyclic) bond motifs is 3. The van der Waals surface area contributed by atoms with Crippen LogP contribution in [0.5, 0.6) is 17.2 Å². The van der Waals surface area contributed by atoms with Crippen LogP contribution in [0.3, 0.4) is 0 Å². The molecule has 2 aliphatic carbocycles. The highest BCUT2D eigenvalue weighted by Crippen LogP contribution is 2.46. The Kier molecular flexibility index (Phi) is 5.68. The lowest BCUT2D eigenvalue weighted by molar-refractivity contribution is -0.122. The minimum atomic E-state index is -0.280. The molecule has 2 heterocycles. The first-order chi connectivity index (χ1) is 16.4. The van der Waals surface area contributed by atoms with Gasteiger partial charge in [-0.3, -0.25) is 4.79 Å². The second kappa shape index (κ2) is 8.68. The lowest BCUT2D eigenvalue weighted by Gasteiger charge is -2.27. The normalized spacial score (nSPS) is 22.7. The van der Waals surface area contributed by atoms with Gasteiger partial charge in [0.1, 0.15) is 5.82 Å². The molecule has 1 amide bonds. The third kappa shape index (κ3) is 3.67. The maximum atomic E-state index is 12.2. The number of anilines is 3. The number of hydrogen-bond acceptors (Lipinski definition) is 9. The molecule has 10 heteroatoms. The average molecular weight is 482 g/mol. The summed E-state index contributed by atoms with van der Waals surface area (Å²) in [6.07, 6.45) is 5.22. The maximum Gasteiger partial charge on any atom is 0.229 e. The SMILES string of the molecule is COc1cc(Nc2nc(NC3C4C=CC(C4)C3C(N)=O)c3scc(C)c3n2)cc(OC)c1OC. The van der Waals surface area contributed by atoms with Crippen molar-refractivity contribution in [3.05, 3.63) is 35.2 Å². The fraction of sp³-hybridized carbons (Fsp3) is 0.375. The Bertz CT molecular complexity index is 1260. The molecule has 1 fully saturated rings. The van der Waals surface area contributed by atoms with E-state index in [0.29, 0.717) is 34.7 Å². The number of carbonyl (C=O) groups excluding carboxylic acids is 1.